The lowest BCUT2D eigenvalue weighted by atomic mass is 10.0. The van der Waals surface area contributed by atoms with E-state index in [-0.39, 0.29) is 0 Å². The lowest BCUT2D eigenvalue weighted by Gasteiger charge is -2.05. The highest BCUT2D eigenvalue weighted by atomic mass is 14.0. The molecular weight excluding hydrogens is 120 g/mol. The Bertz CT molecular complexity index is 182. The normalized spacial score (nSPS) is 16.7. The minimum absolute atomic E-state index is 1.05. The van der Waals surface area contributed by atoms with E-state index in [1.165, 1.54) is 24.0 Å². The van der Waals surface area contributed by atoms with Crippen LogP contribution in [0, 0.1) is 0 Å². The highest BCUT2D eigenvalue weighted by Crippen LogP contribution is 2.15. The van der Waals surface area contributed by atoms with Gasteiger partial charge in [-0.05, 0) is 31.8 Å². The van der Waals surface area contributed by atoms with Crippen molar-refractivity contribution in [2.75, 3.05) is 0 Å². The Morgan fingerprint density at radius 1 is 1.60 bits per heavy atom. The minimum atomic E-state index is 1.05. The fourth-order valence-corrected chi connectivity index (χ4v) is 1.15. The molecule has 0 heteroatoms. The Balaban J connectivity index is 2.48. The smallest absolute Gasteiger partial charge is 0.00759 e. The molecule has 0 nitrogen and oxygen atoms in total. The summed E-state index contributed by atoms with van der Waals surface area (Å²) in [5, 5.41) is 0. The number of rotatable bonds is 2. The van der Waals surface area contributed by atoms with Crippen molar-refractivity contribution in [3.05, 3.63) is 36.0 Å². The second-order valence-electron chi connectivity index (χ2n) is 2.89. The van der Waals surface area contributed by atoms with Crippen LogP contribution in [0.4, 0.5) is 0 Å². The van der Waals surface area contributed by atoms with Gasteiger partial charge >= 0.3 is 0 Å². The second kappa shape index (κ2) is 3.40. The molecule has 10 heavy (non-hydrogen) atoms. The van der Waals surface area contributed by atoms with Crippen molar-refractivity contribution in [2.24, 2.45) is 0 Å². The van der Waals surface area contributed by atoms with Gasteiger partial charge in [0.2, 0.25) is 0 Å². The maximum atomic E-state index is 3.87. The first kappa shape index (κ1) is 7.33. The maximum absolute atomic E-state index is 3.87. The molecule has 0 saturated heterocycles. The summed E-state index contributed by atoms with van der Waals surface area (Å²) in [5.74, 6) is 0. The largest absolute Gasteiger partial charge is 0.0998 e. The fraction of sp³-hybridized carbons (Fsp3) is 0.400. The van der Waals surface area contributed by atoms with Crippen LogP contribution in [0.2, 0.25) is 0 Å². The standard InChI is InChI=1S/C10H14/c1-9(2)8-10-6-4-3-5-7-10/h4,6-7H,1,3,5,8H2,2H3. The zero-order chi connectivity index (χ0) is 7.40. The molecule has 0 aromatic carbocycles. The molecule has 0 radical (unpaired) electrons. The summed E-state index contributed by atoms with van der Waals surface area (Å²) in [7, 11) is 0. The van der Waals surface area contributed by atoms with Crippen molar-refractivity contribution in [3.63, 3.8) is 0 Å². The van der Waals surface area contributed by atoms with E-state index < -0.39 is 0 Å². The molecule has 1 aliphatic rings. The third-order valence-electron chi connectivity index (χ3n) is 1.58. The van der Waals surface area contributed by atoms with Gasteiger partial charge in [-0.15, -0.1) is 0 Å². The highest BCUT2D eigenvalue weighted by Gasteiger charge is 1.95. The first-order valence-electron chi connectivity index (χ1n) is 3.79. The Labute approximate surface area is 62.9 Å². The van der Waals surface area contributed by atoms with Gasteiger partial charge < -0.3 is 0 Å². The maximum Gasteiger partial charge on any atom is -0.00759 e. The summed E-state index contributed by atoms with van der Waals surface area (Å²) in [5.41, 5.74) is 2.68. The molecule has 0 atom stereocenters. The number of allylic oxidation sites excluding steroid dienone is 5. The van der Waals surface area contributed by atoms with Gasteiger partial charge in [0.25, 0.3) is 0 Å². The topological polar surface area (TPSA) is 0 Å². The molecule has 0 saturated carbocycles. The average molecular weight is 134 g/mol. The van der Waals surface area contributed by atoms with Gasteiger partial charge in [0.1, 0.15) is 0 Å². The van der Waals surface area contributed by atoms with Crippen molar-refractivity contribution in [1.82, 2.24) is 0 Å². The van der Waals surface area contributed by atoms with E-state index in [2.05, 4.69) is 31.7 Å². The van der Waals surface area contributed by atoms with E-state index in [9.17, 15) is 0 Å². The molecule has 0 fully saturated rings. The first-order chi connectivity index (χ1) is 4.79. The predicted octanol–water partition coefficient (Wildman–Crippen LogP) is 3.23. The van der Waals surface area contributed by atoms with Crippen molar-refractivity contribution < 1.29 is 0 Å². The van der Waals surface area contributed by atoms with Crippen molar-refractivity contribution in [1.29, 1.82) is 0 Å². The molecule has 0 aromatic rings. The Morgan fingerprint density at radius 2 is 2.40 bits per heavy atom. The van der Waals surface area contributed by atoms with Crippen LogP contribution in [0.15, 0.2) is 36.0 Å². The van der Waals surface area contributed by atoms with Crippen LogP contribution in [0.1, 0.15) is 26.2 Å². The molecule has 0 heterocycles. The van der Waals surface area contributed by atoms with Crippen molar-refractivity contribution in [2.45, 2.75) is 26.2 Å². The molecule has 0 N–H and O–H groups in total. The van der Waals surface area contributed by atoms with Gasteiger partial charge in [-0.1, -0.05) is 30.4 Å². The Hall–Kier alpha value is -0.780. The first-order valence-corrected chi connectivity index (χ1v) is 3.79. The SMILES string of the molecule is C=C(C)CC1=CCCC=C1. The van der Waals surface area contributed by atoms with Crippen LogP contribution in [0.3, 0.4) is 0 Å². The van der Waals surface area contributed by atoms with Crippen LogP contribution < -0.4 is 0 Å². The molecule has 0 amide bonds. The van der Waals surface area contributed by atoms with Gasteiger partial charge in [-0.2, -0.15) is 0 Å². The molecule has 0 aromatic heterocycles. The van der Waals surface area contributed by atoms with Crippen molar-refractivity contribution in [3.8, 4) is 0 Å². The number of hydrogen-bond acceptors (Lipinski definition) is 0. The fourth-order valence-electron chi connectivity index (χ4n) is 1.15. The van der Waals surface area contributed by atoms with Gasteiger partial charge in [0.15, 0.2) is 0 Å². The summed E-state index contributed by atoms with van der Waals surface area (Å²) in [6, 6.07) is 0. The van der Waals surface area contributed by atoms with E-state index in [0.717, 1.165) is 6.42 Å². The van der Waals surface area contributed by atoms with Crippen LogP contribution in [0.25, 0.3) is 0 Å². The van der Waals surface area contributed by atoms with E-state index in [4.69, 9.17) is 0 Å². The lowest BCUT2D eigenvalue weighted by Crippen LogP contribution is -1.85. The van der Waals surface area contributed by atoms with E-state index in [0.29, 0.717) is 0 Å². The minimum Gasteiger partial charge on any atom is -0.0998 e. The quantitative estimate of drug-likeness (QED) is 0.509. The summed E-state index contributed by atoms with van der Waals surface area (Å²) >= 11 is 0. The van der Waals surface area contributed by atoms with Crippen LogP contribution in [0.5, 0.6) is 0 Å². The molecule has 1 rings (SSSR count). The molecule has 0 bridgehead atoms. The van der Waals surface area contributed by atoms with E-state index >= 15 is 0 Å². The van der Waals surface area contributed by atoms with Crippen LogP contribution in [-0.4, -0.2) is 0 Å². The zero-order valence-electron chi connectivity index (χ0n) is 6.56. The summed E-state index contributed by atoms with van der Waals surface area (Å²) < 4.78 is 0. The molecule has 1 aliphatic carbocycles. The van der Waals surface area contributed by atoms with E-state index in [1.54, 1.807) is 0 Å². The summed E-state index contributed by atoms with van der Waals surface area (Å²) in [4.78, 5) is 0. The average Bonchev–Trinajstić information content (AvgIpc) is 1.88. The Kier molecular flexibility index (Phi) is 2.49. The predicted molar refractivity (Wildman–Crippen MR) is 45.9 cm³/mol. The molecular formula is C10H14. The van der Waals surface area contributed by atoms with Crippen LogP contribution in [-0.2, 0) is 0 Å². The van der Waals surface area contributed by atoms with Crippen molar-refractivity contribution >= 4 is 0 Å². The molecule has 0 unspecified atom stereocenters. The molecule has 0 aliphatic heterocycles. The van der Waals surface area contributed by atoms with Gasteiger partial charge in [0, 0.05) is 0 Å². The lowest BCUT2D eigenvalue weighted by molar-refractivity contribution is 0.990. The molecule has 54 valence electrons. The monoisotopic (exact) mass is 134 g/mol. The van der Waals surface area contributed by atoms with Gasteiger partial charge in [-0.3, -0.25) is 0 Å². The van der Waals surface area contributed by atoms with Gasteiger partial charge in [0.05, 0.1) is 0 Å². The zero-order valence-corrected chi connectivity index (χ0v) is 6.56. The number of hydrogen-bond donors (Lipinski definition) is 0. The van der Waals surface area contributed by atoms with Crippen LogP contribution >= 0.6 is 0 Å². The Morgan fingerprint density at radius 3 is 2.90 bits per heavy atom. The van der Waals surface area contributed by atoms with E-state index in [1.807, 2.05) is 0 Å². The van der Waals surface area contributed by atoms with Gasteiger partial charge in [-0.25, -0.2) is 0 Å². The third-order valence-corrected chi connectivity index (χ3v) is 1.58. The summed E-state index contributed by atoms with van der Waals surface area (Å²) in [6.07, 6.45) is 10.2. The third kappa shape index (κ3) is 2.22. The summed E-state index contributed by atoms with van der Waals surface area (Å²) in [6.45, 7) is 5.95. The molecule has 0 spiro atoms. The highest BCUT2D eigenvalue weighted by molar-refractivity contribution is 5.26. The second-order valence-corrected chi connectivity index (χ2v) is 2.89.